The Bertz CT molecular complexity index is 534. The molecule has 0 amide bonds. The summed E-state index contributed by atoms with van der Waals surface area (Å²) >= 11 is 0. The van der Waals surface area contributed by atoms with E-state index in [1.165, 1.54) is 24.1 Å². The molecule has 19 heavy (non-hydrogen) atoms. The van der Waals surface area contributed by atoms with E-state index in [4.69, 9.17) is 0 Å². The molecule has 0 spiro atoms. The van der Waals surface area contributed by atoms with Crippen LogP contribution in [0.15, 0.2) is 24.7 Å². The number of rotatable bonds is 4. The summed E-state index contributed by atoms with van der Waals surface area (Å²) in [7, 11) is 0. The van der Waals surface area contributed by atoms with Crippen LogP contribution in [-0.4, -0.2) is 26.3 Å². The van der Waals surface area contributed by atoms with Crippen molar-refractivity contribution in [3.8, 4) is 5.95 Å². The van der Waals surface area contributed by atoms with Crippen molar-refractivity contribution in [2.75, 3.05) is 6.54 Å². The lowest BCUT2D eigenvalue weighted by Gasteiger charge is -2.23. The van der Waals surface area contributed by atoms with E-state index in [-0.39, 0.29) is 0 Å². The zero-order valence-electron chi connectivity index (χ0n) is 11.2. The van der Waals surface area contributed by atoms with Crippen molar-refractivity contribution in [1.82, 2.24) is 25.1 Å². The predicted molar refractivity (Wildman–Crippen MR) is 73.1 cm³/mol. The molecule has 2 aromatic rings. The second-order valence-electron chi connectivity index (χ2n) is 4.91. The van der Waals surface area contributed by atoms with E-state index >= 15 is 0 Å². The number of aromatic nitrogens is 4. The van der Waals surface area contributed by atoms with E-state index in [1.807, 2.05) is 16.9 Å². The Morgan fingerprint density at radius 1 is 1.37 bits per heavy atom. The molecule has 100 valence electrons. The quantitative estimate of drug-likeness (QED) is 0.910. The number of hydrogen-bond acceptors (Lipinski definition) is 4. The Kier molecular flexibility index (Phi) is 3.55. The van der Waals surface area contributed by atoms with Crippen LogP contribution in [-0.2, 0) is 6.42 Å². The van der Waals surface area contributed by atoms with Crippen molar-refractivity contribution in [2.24, 2.45) is 0 Å². The number of hydrogen-bond donors (Lipinski definition) is 1. The number of fused-ring (bicyclic) bond motifs is 1. The van der Waals surface area contributed by atoms with Gasteiger partial charge in [-0.3, -0.25) is 0 Å². The van der Waals surface area contributed by atoms with Crippen molar-refractivity contribution >= 4 is 0 Å². The van der Waals surface area contributed by atoms with Crippen LogP contribution >= 0.6 is 0 Å². The van der Waals surface area contributed by atoms with Gasteiger partial charge in [0.25, 0.3) is 5.95 Å². The molecular formula is C14H19N5. The largest absolute Gasteiger partial charge is 0.310 e. The van der Waals surface area contributed by atoms with Gasteiger partial charge in [0.05, 0.1) is 11.9 Å². The summed E-state index contributed by atoms with van der Waals surface area (Å²) in [5.41, 5.74) is 2.57. The molecule has 0 fully saturated rings. The molecular weight excluding hydrogens is 238 g/mol. The van der Waals surface area contributed by atoms with Crippen LogP contribution < -0.4 is 5.32 Å². The Balaban J connectivity index is 1.92. The van der Waals surface area contributed by atoms with Gasteiger partial charge in [-0.2, -0.15) is 5.10 Å². The van der Waals surface area contributed by atoms with Crippen LogP contribution in [0.25, 0.3) is 5.95 Å². The molecule has 0 aromatic carbocycles. The minimum absolute atomic E-state index is 0.432. The van der Waals surface area contributed by atoms with Gasteiger partial charge in [-0.15, -0.1) is 0 Å². The summed E-state index contributed by atoms with van der Waals surface area (Å²) in [4.78, 5) is 8.57. The van der Waals surface area contributed by atoms with E-state index in [0.717, 1.165) is 19.4 Å². The smallest absolute Gasteiger partial charge is 0.250 e. The first kappa shape index (κ1) is 12.3. The molecule has 1 aliphatic rings. The van der Waals surface area contributed by atoms with E-state index in [1.54, 1.807) is 12.4 Å². The highest BCUT2D eigenvalue weighted by molar-refractivity contribution is 5.29. The fourth-order valence-electron chi connectivity index (χ4n) is 2.66. The third-order valence-corrected chi connectivity index (χ3v) is 3.57. The summed E-state index contributed by atoms with van der Waals surface area (Å²) in [6, 6.07) is 2.26. The van der Waals surface area contributed by atoms with Crippen LogP contribution in [0.3, 0.4) is 0 Å². The first-order valence-corrected chi connectivity index (χ1v) is 6.97. The van der Waals surface area contributed by atoms with Gasteiger partial charge >= 0.3 is 0 Å². The molecule has 1 N–H and O–H groups in total. The van der Waals surface area contributed by atoms with Crippen LogP contribution in [0.2, 0.25) is 0 Å². The molecule has 1 atom stereocenters. The average Bonchev–Trinajstić information content (AvgIpc) is 2.90. The summed E-state index contributed by atoms with van der Waals surface area (Å²) in [6.07, 6.45) is 10.1. The van der Waals surface area contributed by atoms with E-state index in [2.05, 4.69) is 27.3 Å². The molecule has 0 radical (unpaired) electrons. The SMILES string of the molecule is CCCNC1CCCc2c1cnn2-c1ncccn1. The molecule has 0 aliphatic heterocycles. The topological polar surface area (TPSA) is 55.6 Å². The molecule has 0 saturated heterocycles. The minimum Gasteiger partial charge on any atom is -0.310 e. The van der Waals surface area contributed by atoms with Crippen molar-refractivity contribution in [1.29, 1.82) is 0 Å². The van der Waals surface area contributed by atoms with Gasteiger partial charge in [0, 0.05) is 24.0 Å². The summed E-state index contributed by atoms with van der Waals surface area (Å²) in [5, 5.41) is 8.08. The van der Waals surface area contributed by atoms with Crippen molar-refractivity contribution in [2.45, 2.75) is 38.6 Å². The molecule has 2 aromatic heterocycles. The normalized spacial score (nSPS) is 18.3. The van der Waals surface area contributed by atoms with Gasteiger partial charge in [-0.25, -0.2) is 14.6 Å². The van der Waals surface area contributed by atoms with Gasteiger partial charge in [0.2, 0.25) is 0 Å². The third-order valence-electron chi connectivity index (χ3n) is 3.57. The first-order valence-electron chi connectivity index (χ1n) is 6.97. The zero-order chi connectivity index (χ0) is 13.1. The Morgan fingerprint density at radius 3 is 3.00 bits per heavy atom. The highest BCUT2D eigenvalue weighted by Crippen LogP contribution is 2.30. The number of nitrogens with one attached hydrogen (secondary N) is 1. The maximum absolute atomic E-state index is 4.48. The molecule has 1 aliphatic carbocycles. The lowest BCUT2D eigenvalue weighted by atomic mass is 9.93. The van der Waals surface area contributed by atoms with Gasteiger partial charge in [-0.05, 0) is 38.3 Å². The third kappa shape index (κ3) is 2.38. The Labute approximate surface area is 113 Å². The van der Waals surface area contributed by atoms with Crippen molar-refractivity contribution in [3.05, 3.63) is 35.9 Å². The molecule has 5 nitrogen and oxygen atoms in total. The van der Waals surface area contributed by atoms with Gasteiger partial charge in [0.15, 0.2) is 0 Å². The van der Waals surface area contributed by atoms with Gasteiger partial charge in [-0.1, -0.05) is 6.92 Å². The Morgan fingerprint density at radius 2 is 2.21 bits per heavy atom. The summed E-state index contributed by atoms with van der Waals surface area (Å²) in [5.74, 6) is 0.667. The molecule has 0 bridgehead atoms. The average molecular weight is 257 g/mol. The predicted octanol–water partition coefficient (Wildman–Crippen LogP) is 2.04. The van der Waals surface area contributed by atoms with Crippen LogP contribution in [0.5, 0.6) is 0 Å². The van der Waals surface area contributed by atoms with Gasteiger partial charge < -0.3 is 5.32 Å². The lowest BCUT2D eigenvalue weighted by Crippen LogP contribution is -2.26. The maximum atomic E-state index is 4.48. The highest BCUT2D eigenvalue weighted by atomic mass is 15.3. The fraction of sp³-hybridized carbons (Fsp3) is 0.500. The summed E-state index contributed by atoms with van der Waals surface area (Å²) < 4.78 is 1.88. The standard InChI is InChI=1S/C14H19N5/c1-2-7-15-12-5-3-6-13-11(12)10-18-19(13)14-16-8-4-9-17-14/h4,8-10,12,15H,2-3,5-7H2,1H3. The number of nitrogens with zero attached hydrogens (tertiary/aromatic N) is 4. The fourth-order valence-corrected chi connectivity index (χ4v) is 2.66. The monoisotopic (exact) mass is 257 g/mol. The van der Waals surface area contributed by atoms with E-state index in [9.17, 15) is 0 Å². The minimum atomic E-state index is 0.432. The lowest BCUT2D eigenvalue weighted by molar-refractivity contribution is 0.455. The van der Waals surface area contributed by atoms with E-state index < -0.39 is 0 Å². The molecule has 5 heteroatoms. The zero-order valence-corrected chi connectivity index (χ0v) is 11.2. The second-order valence-corrected chi connectivity index (χ2v) is 4.91. The van der Waals surface area contributed by atoms with Crippen molar-refractivity contribution < 1.29 is 0 Å². The highest BCUT2D eigenvalue weighted by Gasteiger charge is 2.24. The first-order chi connectivity index (χ1) is 9.40. The summed E-state index contributed by atoms with van der Waals surface area (Å²) in [6.45, 7) is 3.25. The second kappa shape index (κ2) is 5.48. The molecule has 1 unspecified atom stereocenters. The Hall–Kier alpha value is -1.75. The molecule has 0 saturated carbocycles. The molecule has 2 heterocycles. The van der Waals surface area contributed by atoms with Gasteiger partial charge in [0.1, 0.15) is 0 Å². The van der Waals surface area contributed by atoms with Crippen LogP contribution in [0, 0.1) is 0 Å². The van der Waals surface area contributed by atoms with Crippen LogP contribution in [0.1, 0.15) is 43.5 Å². The maximum Gasteiger partial charge on any atom is 0.250 e. The van der Waals surface area contributed by atoms with Crippen molar-refractivity contribution in [3.63, 3.8) is 0 Å². The van der Waals surface area contributed by atoms with Crippen LogP contribution in [0.4, 0.5) is 0 Å². The van der Waals surface area contributed by atoms with E-state index in [0.29, 0.717) is 12.0 Å². The molecule has 3 rings (SSSR count).